The molecule has 0 aliphatic carbocycles. The fourth-order valence-corrected chi connectivity index (χ4v) is 1.79. The number of hydrogen-bond donors (Lipinski definition) is 2. The molecule has 1 heterocycles. The van der Waals surface area contributed by atoms with E-state index in [0.29, 0.717) is 6.42 Å². The highest BCUT2D eigenvalue weighted by Crippen LogP contribution is 2.26. The zero-order chi connectivity index (χ0) is 9.90. The van der Waals surface area contributed by atoms with Crippen molar-refractivity contribution in [1.82, 2.24) is 4.90 Å². The highest BCUT2D eigenvalue weighted by Gasteiger charge is 2.31. The highest BCUT2D eigenvalue weighted by molar-refractivity contribution is 4.91. The van der Waals surface area contributed by atoms with Gasteiger partial charge in [0.1, 0.15) is 6.23 Å². The Labute approximate surface area is 79.7 Å². The first-order chi connectivity index (χ1) is 6.07. The molecule has 0 radical (unpaired) electrons. The lowest BCUT2D eigenvalue weighted by Crippen LogP contribution is -2.47. The van der Waals surface area contributed by atoms with Gasteiger partial charge in [0.05, 0.1) is 5.60 Å². The van der Waals surface area contributed by atoms with Gasteiger partial charge < -0.3 is 10.2 Å². The number of piperidine rings is 1. The van der Waals surface area contributed by atoms with Gasteiger partial charge in [0, 0.05) is 13.1 Å². The van der Waals surface area contributed by atoms with Crippen molar-refractivity contribution in [3.8, 4) is 0 Å². The van der Waals surface area contributed by atoms with Gasteiger partial charge in [0.25, 0.3) is 0 Å². The molecule has 0 spiro atoms. The van der Waals surface area contributed by atoms with Crippen LogP contribution in [0.4, 0.5) is 0 Å². The monoisotopic (exact) mass is 185 g/mol. The molecule has 76 valence electrons. The summed E-state index contributed by atoms with van der Waals surface area (Å²) in [6.07, 6.45) is 3.47. The smallest absolute Gasteiger partial charge is 0.104 e. The molecule has 1 rings (SSSR count). The Balaban J connectivity index is 2.41. The van der Waals surface area contributed by atoms with Crippen molar-refractivity contribution in [2.75, 3.05) is 13.1 Å². The van der Waals surface area contributed by atoms with Gasteiger partial charge in [-0.1, -0.05) is 6.08 Å². The number of rotatable bonds is 3. The molecule has 1 aliphatic rings. The van der Waals surface area contributed by atoms with Crippen molar-refractivity contribution in [3.05, 3.63) is 12.7 Å². The van der Waals surface area contributed by atoms with E-state index in [2.05, 4.69) is 6.58 Å². The van der Waals surface area contributed by atoms with Gasteiger partial charge in [0.2, 0.25) is 0 Å². The standard InChI is InChI=1S/C10H19NO2/c1-3-4-10(13)5-7-11(8-6-10)9(2)12/h3,9,12-13H,1,4-8H2,2H3. The summed E-state index contributed by atoms with van der Waals surface area (Å²) in [4.78, 5) is 1.97. The molecule has 13 heavy (non-hydrogen) atoms. The van der Waals surface area contributed by atoms with Gasteiger partial charge in [-0.2, -0.15) is 0 Å². The Bertz CT molecular complexity index is 172. The summed E-state index contributed by atoms with van der Waals surface area (Å²) < 4.78 is 0. The van der Waals surface area contributed by atoms with E-state index in [9.17, 15) is 10.2 Å². The highest BCUT2D eigenvalue weighted by atomic mass is 16.3. The molecule has 1 aliphatic heterocycles. The zero-order valence-electron chi connectivity index (χ0n) is 8.24. The lowest BCUT2D eigenvalue weighted by atomic mass is 9.88. The van der Waals surface area contributed by atoms with E-state index >= 15 is 0 Å². The molecule has 0 aromatic carbocycles. The first-order valence-corrected chi connectivity index (χ1v) is 4.83. The Morgan fingerprint density at radius 2 is 2.08 bits per heavy atom. The maximum Gasteiger partial charge on any atom is 0.104 e. The van der Waals surface area contributed by atoms with Crippen LogP contribution in [0.5, 0.6) is 0 Å². The van der Waals surface area contributed by atoms with Crippen LogP contribution in [-0.4, -0.2) is 40.0 Å². The van der Waals surface area contributed by atoms with Gasteiger partial charge in [-0.05, 0) is 26.2 Å². The fourth-order valence-electron chi connectivity index (χ4n) is 1.79. The van der Waals surface area contributed by atoms with Crippen LogP contribution in [0.2, 0.25) is 0 Å². The van der Waals surface area contributed by atoms with Crippen LogP contribution in [-0.2, 0) is 0 Å². The molecule has 1 saturated heterocycles. The third kappa shape index (κ3) is 2.79. The normalized spacial score (nSPS) is 25.5. The minimum absolute atomic E-state index is 0.395. The van der Waals surface area contributed by atoms with Crippen molar-refractivity contribution >= 4 is 0 Å². The predicted molar refractivity (Wildman–Crippen MR) is 52.3 cm³/mol. The topological polar surface area (TPSA) is 43.7 Å². The predicted octanol–water partition coefficient (Wildman–Crippen LogP) is 0.728. The largest absolute Gasteiger partial charge is 0.389 e. The van der Waals surface area contributed by atoms with Crippen molar-refractivity contribution in [3.63, 3.8) is 0 Å². The molecule has 0 aromatic heterocycles. The lowest BCUT2D eigenvalue weighted by Gasteiger charge is -2.38. The lowest BCUT2D eigenvalue weighted by molar-refractivity contribution is -0.0656. The SMILES string of the molecule is C=CCC1(O)CCN(C(C)O)CC1. The van der Waals surface area contributed by atoms with Gasteiger partial charge in [0.15, 0.2) is 0 Å². The summed E-state index contributed by atoms with van der Waals surface area (Å²) in [6.45, 7) is 6.92. The second kappa shape index (κ2) is 4.22. The Hall–Kier alpha value is -0.380. The van der Waals surface area contributed by atoms with Crippen LogP contribution >= 0.6 is 0 Å². The number of nitrogens with zero attached hydrogens (tertiary/aromatic N) is 1. The number of aliphatic hydroxyl groups excluding tert-OH is 1. The summed E-state index contributed by atoms with van der Waals surface area (Å²) in [5, 5.41) is 19.3. The van der Waals surface area contributed by atoms with Crippen LogP contribution < -0.4 is 0 Å². The van der Waals surface area contributed by atoms with E-state index in [1.807, 2.05) is 4.90 Å². The summed E-state index contributed by atoms with van der Waals surface area (Å²) in [7, 11) is 0. The average molecular weight is 185 g/mol. The van der Waals surface area contributed by atoms with Crippen molar-refractivity contribution < 1.29 is 10.2 Å². The Kier molecular flexibility index (Phi) is 3.47. The van der Waals surface area contributed by atoms with Gasteiger partial charge in [-0.25, -0.2) is 0 Å². The van der Waals surface area contributed by atoms with E-state index in [0.717, 1.165) is 25.9 Å². The molecule has 2 N–H and O–H groups in total. The first-order valence-electron chi connectivity index (χ1n) is 4.83. The van der Waals surface area contributed by atoms with E-state index in [-0.39, 0.29) is 0 Å². The maximum absolute atomic E-state index is 9.99. The maximum atomic E-state index is 9.99. The van der Waals surface area contributed by atoms with E-state index in [1.165, 1.54) is 0 Å². The average Bonchev–Trinajstić information content (AvgIpc) is 2.05. The van der Waals surface area contributed by atoms with Crippen LogP contribution in [0.25, 0.3) is 0 Å². The Morgan fingerprint density at radius 1 is 1.54 bits per heavy atom. The molecule has 0 aromatic rings. The number of likely N-dealkylation sites (tertiary alicyclic amines) is 1. The minimum Gasteiger partial charge on any atom is -0.389 e. The third-order valence-electron chi connectivity index (χ3n) is 2.78. The second-order valence-electron chi connectivity index (χ2n) is 3.88. The Morgan fingerprint density at radius 3 is 2.46 bits per heavy atom. The molecule has 3 nitrogen and oxygen atoms in total. The molecule has 3 heteroatoms. The number of hydrogen-bond acceptors (Lipinski definition) is 3. The fraction of sp³-hybridized carbons (Fsp3) is 0.800. The summed E-state index contributed by atoms with van der Waals surface area (Å²) in [6, 6.07) is 0. The van der Waals surface area contributed by atoms with Gasteiger partial charge >= 0.3 is 0 Å². The molecule has 0 bridgehead atoms. The van der Waals surface area contributed by atoms with Crippen LogP contribution in [0.1, 0.15) is 26.2 Å². The van der Waals surface area contributed by atoms with E-state index in [1.54, 1.807) is 13.0 Å². The van der Waals surface area contributed by atoms with Gasteiger partial charge in [-0.3, -0.25) is 4.90 Å². The van der Waals surface area contributed by atoms with Crippen molar-refractivity contribution in [1.29, 1.82) is 0 Å². The second-order valence-corrected chi connectivity index (χ2v) is 3.88. The van der Waals surface area contributed by atoms with E-state index < -0.39 is 11.8 Å². The molecular weight excluding hydrogens is 166 g/mol. The molecule has 0 saturated carbocycles. The summed E-state index contributed by atoms with van der Waals surface area (Å²) in [5.74, 6) is 0. The summed E-state index contributed by atoms with van der Waals surface area (Å²) >= 11 is 0. The van der Waals surface area contributed by atoms with Crippen molar-refractivity contribution in [2.45, 2.75) is 38.0 Å². The molecular formula is C10H19NO2. The van der Waals surface area contributed by atoms with Crippen molar-refractivity contribution in [2.24, 2.45) is 0 Å². The minimum atomic E-state index is -0.576. The number of aliphatic hydroxyl groups is 2. The zero-order valence-corrected chi connectivity index (χ0v) is 8.24. The molecule has 1 unspecified atom stereocenters. The third-order valence-corrected chi connectivity index (χ3v) is 2.78. The molecule has 0 amide bonds. The quantitative estimate of drug-likeness (QED) is 0.637. The van der Waals surface area contributed by atoms with Crippen LogP contribution in [0, 0.1) is 0 Å². The summed E-state index contributed by atoms with van der Waals surface area (Å²) in [5.41, 5.74) is -0.576. The van der Waals surface area contributed by atoms with Gasteiger partial charge in [-0.15, -0.1) is 6.58 Å². The van der Waals surface area contributed by atoms with Crippen LogP contribution in [0.15, 0.2) is 12.7 Å². The molecule has 1 atom stereocenters. The van der Waals surface area contributed by atoms with E-state index in [4.69, 9.17) is 0 Å². The van der Waals surface area contributed by atoms with Crippen LogP contribution in [0.3, 0.4) is 0 Å². The first kappa shape index (κ1) is 10.7. The molecule has 1 fully saturated rings.